The summed E-state index contributed by atoms with van der Waals surface area (Å²) in [6, 6.07) is 20.7. The van der Waals surface area contributed by atoms with Crippen molar-refractivity contribution in [3.05, 3.63) is 87.6 Å². The summed E-state index contributed by atoms with van der Waals surface area (Å²) in [6.07, 6.45) is 1.03. The molecule has 24 heavy (non-hydrogen) atoms. The Labute approximate surface area is 145 Å². The molecule has 3 aromatic rings. The van der Waals surface area contributed by atoms with E-state index in [0.717, 1.165) is 39.7 Å². The predicted molar refractivity (Wildman–Crippen MR) is 102 cm³/mol. The van der Waals surface area contributed by atoms with Crippen LogP contribution < -0.4 is 5.43 Å². The number of rotatable bonds is 3. The molecule has 0 radical (unpaired) electrons. The Balaban J connectivity index is 1.80. The van der Waals surface area contributed by atoms with Crippen molar-refractivity contribution in [1.29, 1.82) is 0 Å². The number of nitrogens with zero attached hydrogens (tertiary/aromatic N) is 2. The number of para-hydroxylation sites is 1. The van der Waals surface area contributed by atoms with Gasteiger partial charge in [0, 0.05) is 11.1 Å². The maximum absolute atomic E-state index is 4.82. The van der Waals surface area contributed by atoms with Crippen LogP contribution >= 0.6 is 11.3 Å². The van der Waals surface area contributed by atoms with E-state index in [9.17, 15) is 0 Å². The van der Waals surface area contributed by atoms with Gasteiger partial charge < -0.3 is 0 Å². The minimum Gasteiger partial charge on any atom is -0.260 e. The zero-order valence-electron chi connectivity index (χ0n) is 13.4. The van der Waals surface area contributed by atoms with Gasteiger partial charge in [-0.15, -0.1) is 11.3 Å². The Morgan fingerprint density at radius 3 is 2.54 bits per heavy atom. The highest BCUT2D eigenvalue weighted by Crippen LogP contribution is 2.27. The lowest BCUT2D eigenvalue weighted by Gasteiger charge is -2.05. The lowest BCUT2D eigenvalue weighted by molar-refractivity contribution is 1.03. The van der Waals surface area contributed by atoms with Gasteiger partial charge in [-0.3, -0.25) is 5.43 Å². The SMILES string of the molecule is CCc1ccc(C2=Nc3ccccc3C(c3cccs3)=NN2)cc1. The molecule has 0 amide bonds. The van der Waals surface area contributed by atoms with Gasteiger partial charge in [-0.05, 0) is 29.5 Å². The van der Waals surface area contributed by atoms with E-state index in [1.54, 1.807) is 11.3 Å². The number of hydrogen-bond donors (Lipinski definition) is 1. The second-order valence-electron chi connectivity index (χ2n) is 5.58. The lowest BCUT2D eigenvalue weighted by Crippen LogP contribution is -2.19. The monoisotopic (exact) mass is 331 g/mol. The van der Waals surface area contributed by atoms with Crippen molar-refractivity contribution in [2.24, 2.45) is 10.1 Å². The van der Waals surface area contributed by atoms with Gasteiger partial charge in [0.05, 0.1) is 10.6 Å². The van der Waals surface area contributed by atoms with Crippen LogP contribution in [-0.2, 0) is 6.42 Å². The molecule has 0 spiro atoms. The molecular weight excluding hydrogens is 314 g/mol. The number of nitrogens with one attached hydrogen (secondary N) is 1. The van der Waals surface area contributed by atoms with Crippen LogP contribution in [0.5, 0.6) is 0 Å². The van der Waals surface area contributed by atoms with Crippen LogP contribution in [-0.4, -0.2) is 11.5 Å². The van der Waals surface area contributed by atoms with Gasteiger partial charge in [0.25, 0.3) is 0 Å². The molecule has 1 aliphatic heterocycles. The molecule has 1 aliphatic rings. The third-order valence-corrected chi connectivity index (χ3v) is 4.93. The number of hydrogen-bond acceptors (Lipinski definition) is 4. The van der Waals surface area contributed by atoms with Crippen LogP contribution in [0.4, 0.5) is 5.69 Å². The molecular formula is C20H17N3S. The van der Waals surface area contributed by atoms with E-state index < -0.39 is 0 Å². The summed E-state index contributed by atoms with van der Waals surface area (Å²) >= 11 is 1.68. The highest BCUT2D eigenvalue weighted by molar-refractivity contribution is 7.12. The Hall–Kier alpha value is -2.72. The molecule has 2 heterocycles. The number of fused-ring (bicyclic) bond motifs is 1. The lowest BCUT2D eigenvalue weighted by atomic mass is 10.1. The molecule has 4 heteroatoms. The van der Waals surface area contributed by atoms with Crippen LogP contribution in [0.3, 0.4) is 0 Å². The first kappa shape index (κ1) is 14.8. The summed E-state index contributed by atoms with van der Waals surface area (Å²) in [5, 5.41) is 6.72. The van der Waals surface area contributed by atoms with Gasteiger partial charge in [-0.25, -0.2) is 4.99 Å². The van der Waals surface area contributed by atoms with E-state index in [4.69, 9.17) is 4.99 Å². The number of amidine groups is 1. The van der Waals surface area contributed by atoms with Gasteiger partial charge in [0.15, 0.2) is 5.84 Å². The van der Waals surface area contributed by atoms with Crippen LogP contribution in [0.15, 0.2) is 76.1 Å². The number of benzene rings is 2. The summed E-state index contributed by atoms with van der Waals surface area (Å²) in [7, 11) is 0. The zero-order chi connectivity index (χ0) is 16.4. The van der Waals surface area contributed by atoms with Gasteiger partial charge in [-0.2, -0.15) is 5.10 Å². The summed E-state index contributed by atoms with van der Waals surface area (Å²) < 4.78 is 0. The van der Waals surface area contributed by atoms with Crippen molar-refractivity contribution in [3.8, 4) is 0 Å². The van der Waals surface area contributed by atoms with Crippen LogP contribution in [0.25, 0.3) is 0 Å². The number of aliphatic imine (C=N–C) groups is 1. The van der Waals surface area contributed by atoms with Gasteiger partial charge in [0.1, 0.15) is 5.71 Å². The van der Waals surface area contributed by atoms with E-state index in [1.165, 1.54) is 5.56 Å². The fourth-order valence-electron chi connectivity index (χ4n) is 2.71. The average molecular weight is 331 g/mol. The molecule has 0 atom stereocenters. The first-order chi connectivity index (χ1) is 11.8. The quantitative estimate of drug-likeness (QED) is 0.739. The van der Waals surface area contributed by atoms with E-state index in [0.29, 0.717) is 0 Å². The predicted octanol–water partition coefficient (Wildman–Crippen LogP) is 4.74. The van der Waals surface area contributed by atoms with E-state index >= 15 is 0 Å². The largest absolute Gasteiger partial charge is 0.260 e. The van der Waals surface area contributed by atoms with E-state index in [1.807, 2.05) is 24.3 Å². The molecule has 0 aliphatic carbocycles. The molecule has 1 aromatic heterocycles. The second-order valence-corrected chi connectivity index (χ2v) is 6.53. The van der Waals surface area contributed by atoms with Crippen LogP contribution in [0, 0.1) is 0 Å². The number of aryl methyl sites for hydroxylation is 1. The Morgan fingerprint density at radius 1 is 0.958 bits per heavy atom. The molecule has 0 unspecified atom stereocenters. The Bertz CT molecular complexity index is 906. The minimum atomic E-state index is 0.775. The van der Waals surface area contributed by atoms with Crippen LogP contribution in [0.1, 0.15) is 28.5 Å². The smallest absolute Gasteiger partial charge is 0.154 e. The number of hydrazone groups is 1. The second kappa shape index (κ2) is 6.42. The highest BCUT2D eigenvalue weighted by Gasteiger charge is 2.17. The standard InChI is InChI=1S/C20H17N3S/c1-2-14-9-11-15(12-10-14)20-21-17-7-4-3-6-16(17)19(22-23-20)18-8-5-13-24-18/h3-13H,2H2,1H3,(H,21,23). The first-order valence-electron chi connectivity index (χ1n) is 8.00. The molecule has 0 fully saturated rings. The van der Waals surface area contributed by atoms with Gasteiger partial charge >= 0.3 is 0 Å². The fourth-order valence-corrected chi connectivity index (χ4v) is 3.44. The van der Waals surface area contributed by atoms with Crippen molar-refractivity contribution in [2.75, 3.05) is 0 Å². The molecule has 2 aromatic carbocycles. The molecule has 0 saturated carbocycles. The van der Waals surface area contributed by atoms with Gasteiger partial charge in [0.2, 0.25) is 0 Å². The van der Waals surface area contributed by atoms with Crippen molar-refractivity contribution in [2.45, 2.75) is 13.3 Å². The zero-order valence-corrected chi connectivity index (χ0v) is 14.2. The highest BCUT2D eigenvalue weighted by atomic mass is 32.1. The molecule has 4 rings (SSSR count). The molecule has 3 nitrogen and oxygen atoms in total. The first-order valence-corrected chi connectivity index (χ1v) is 8.88. The fraction of sp³-hybridized carbons (Fsp3) is 0.100. The summed E-state index contributed by atoms with van der Waals surface area (Å²) in [6.45, 7) is 2.16. The normalized spacial score (nSPS) is 13.4. The van der Waals surface area contributed by atoms with Crippen molar-refractivity contribution < 1.29 is 0 Å². The molecule has 0 bridgehead atoms. The maximum Gasteiger partial charge on any atom is 0.154 e. The van der Waals surface area contributed by atoms with Crippen molar-refractivity contribution in [1.82, 2.24) is 5.43 Å². The Morgan fingerprint density at radius 2 is 1.79 bits per heavy atom. The molecule has 1 N–H and O–H groups in total. The van der Waals surface area contributed by atoms with Crippen molar-refractivity contribution in [3.63, 3.8) is 0 Å². The van der Waals surface area contributed by atoms with E-state index in [2.05, 4.69) is 59.2 Å². The topological polar surface area (TPSA) is 36.8 Å². The average Bonchev–Trinajstić information content (AvgIpc) is 3.09. The molecule has 118 valence electrons. The van der Waals surface area contributed by atoms with Crippen molar-refractivity contribution >= 4 is 28.6 Å². The molecule has 0 saturated heterocycles. The maximum atomic E-state index is 4.82. The Kier molecular flexibility index (Phi) is 3.97. The third kappa shape index (κ3) is 2.76. The summed E-state index contributed by atoms with van der Waals surface area (Å²) in [4.78, 5) is 5.95. The third-order valence-electron chi connectivity index (χ3n) is 4.06. The van der Waals surface area contributed by atoms with E-state index in [-0.39, 0.29) is 0 Å². The van der Waals surface area contributed by atoms with Crippen LogP contribution in [0.2, 0.25) is 0 Å². The summed E-state index contributed by atoms with van der Waals surface area (Å²) in [5.41, 5.74) is 8.44. The van der Waals surface area contributed by atoms with Gasteiger partial charge in [-0.1, -0.05) is 55.5 Å². The summed E-state index contributed by atoms with van der Waals surface area (Å²) in [5.74, 6) is 0.775. The minimum absolute atomic E-state index is 0.775. The number of thiophene rings is 1.